The van der Waals surface area contributed by atoms with Crippen molar-refractivity contribution in [2.75, 3.05) is 0 Å². The molecule has 0 aliphatic carbocycles. The molecule has 1 rings (SSSR count). The van der Waals surface area contributed by atoms with Gasteiger partial charge in [0.15, 0.2) is 0 Å². The Hall–Kier alpha value is -0.370. The number of hydrogen-bond donors (Lipinski definition) is 0. The first-order valence-electron chi connectivity index (χ1n) is 4.98. The topological polar surface area (TPSA) is 12.9 Å². The lowest BCUT2D eigenvalue weighted by Gasteiger charge is -2.30. The molecule has 2 heteroatoms. The molecule has 0 aromatic carbocycles. The SMILES string of the molecule is CC(c1ccccn1)C(Br)C(C)(C)C. The molecule has 0 saturated carbocycles. The van der Waals surface area contributed by atoms with E-state index in [4.69, 9.17) is 0 Å². The van der Waals surface area contributed by atoms with Gasteiger partial charge in [0.05, 0.1) is 0 Å². The zero-order valence-corrected chi connectivity index (χ0v) is 10.9. The standard InChI is InChI=1S/C12H18BrN/c1-9(11(13)12(2,3)4)10-7-5-6-8-14-10/h5-9,11H,1-4H3. The first-order chi connectivity index (χ1) is 6.43. The first kappa shape index (κ1) is 11.7. The summed E-state index contributed by atoms with van der Waals surface area (Å²) < 4.78 is 0. The Morgan fingerprint density at radius 3 is 2.36 bits per heavy atom. The number of aromatic nitrogens is 1. The molecule has 0 saturated heterocycles. The maximum atomic E-state index is 4.38. The van der Waals surface area contributed by atoms with Crippen LogP contribution >= 0.6 is 15.9 Å². The first-order valence-corrected chi connectivity index (χ1v) is 5.89. The van der Waals surface area contributed by atoms with Crippen LogP contribution in [0.3, 0.4) is 0 Å². The maximum Gasteiger partial charge on any atom is 0.0443 e. The molecule has 0 aliphatic rings. The molecule has 14 heavy (non-hydrogen) atoms. The Labute approximate surface area is 95.1 Å². The molecule has 0 radical (unpaired) electrons. The Bertz CT molecular complexity index is 276. The number of halogens is 1. The van der Waals surface area contributed by atoms with E-state index in [1.165, 1.54) is 0 Å². The largest absolute Gasteiger partial charge is 0.261 e. The van der Waals surface area contributed by atoms with Crippen LogP contribution in [0.2, 0.25) is 0 Å². The van der Waals surface area contributed by atoms with Gasteiger partial charge in [-0.1, -0.05) is 49.7 Å². The summed E-state index contributed by atoms with van der Waals surface area (Å²) in [5.74, 6) is 0.441. The van der Waals surface area contributed by atoms with Gasteiger partial charge in [0.1, 0.15) is 0 Å². The maximum absolute atomic E-state index is 4.38. The fourth-order valence-corrected chi connectivity index (χ4v) is 1.82. The third-order valence-corrected chi connectivity index (χ3v) is 4.59. The van der Waals surface area contributed by atoms with Crippen molar-refractivity contribution in [2.45, 2.75) is 38.4 Å². The van der Waals surface area contributed by atoms with E-state index >= 15 is 0 Å². The van der Waals surface area contributed by atoms with E-state index in [9.17, 15) is 0 Å². The van der Waals surface area contributed by atoms with Gasteiger partial charge < -0.3 is 0 Å². The van der Waals surface area contributed by atoms with Crippen molar-refractivity contribution < 1.29 is 0 Å². The molecule has 0 fully saturated rings. The molecule has 2 atom stereocenters. The molecule has 0 spiro atoms. The molecule has 1 aromatic heterocycles. The molecule has 0 aliphatic heterocycles. The number of nitrogens with zero attached hydrogens (tertiary/aromatic N) is 1. The molecule has 1 heterocycles. The molecule has 2 unspecified atom stereocenters. The summed E-state index contributed by atoms with van der Waals surface area (Å²) in [4.78, 5) is 4.83. The van der Waals surface area contributed by atoms with Gasteiger partial charge in [-0.2, -0.15) is 0 Å². The van der Waals surface area contributed by atoms with Crippen LogP contribution in [-0.2, 0) is 0 Å². The molecule has 0 bridgehead atoms. The zero-order chi connectivity index (χ0) is 10.8. The summed E-state index contributed by atoms with van der Waals surface area (Å²) in [6.07, 6.45) is 1.86. The average molecular weight is 256 g/mol. The van der Waals surface area contributed by atoms with Crippen molar-refractivity contribution in [3.05, 3.63) is 30.1 Å². The lowest BCUT2D eigenvalue weighted by molar-refractivity contribution is 0.367. The highest BCUT2D eigenvalue weighted by atomic mass is 79.9. The monoisotopic (exact) mass is 255 g/mol. The summed E-state index contributed by atoms with van der Waals surface area (Å²) >= 11 is 3.76. The quantitative estimate of drug-likeness (QED) is 0.729. The van der Waals surface area contributed by atoms with Crippen LogP contribution in [0.1, 0.15) is 39.3 Å². The van der Waals surface area contributed by atoms with Crippen LogP contribution in [0.25, 0.3) is 0 Å². The smallest absolute Gasteiger partial charge is 0.0443 e. The van der Waals surface area contributed by atoms with Crippen molar-refractivity contribution in [1.82, 2.24) is 4.98 Å². The summed E-state index contributed by atoms with van der Waals surface area (Å²) in [6.45, 7) is 8.94. The fourth-order valence-electron chi connectivity index (χ4n) is 1.55. The van der Waals surface area contributed by atoms with Gasteiger partial charge in [-0.05, 0) is 17.5 Å². The van der Waals surface area contributed by atoms with Crippen molar-refractivity contribution in [3.63, 3.8) is 0 Å². The molecular weight excluding hydrogens is 238 g/mol. The number of alkyl halides is 1. The van der Waals surface area contributed by atoms with Crippen LogP contribution < -0.4 is 0 Å². The van der Waals surface area contributed by atoms with E-state index in [0.717, 1.165) is 5.69 Å². The van der Waals surface area contributed by atoms with Crippen LogP contribution in [0, 0.1) is 5.41 Å². The summed E-state index contributed by atoms with van der Waals surface area (Å²) in [6, 6.07) is 6.09. The fraction of sp³-hybridized carbons (Fsp3) is 0.583. The predicted octanol–water partition coefficient (Wildman–Crippen LogP) is 3.99. The van der Waals surface area contributed by atoms with Crippen molar-refractivity contribution >= 4 is 15.9 Å². The summed E-state index contributed by atoms with van der Waals surface area (Å²) in [5.41, 5.74) is 1.42. The zero-order valence-electron chi connectivity index (χ0n) is 9.29. The third-order valence-electron chi connectivity index (χ3n) is 2.42. The molecular formula is C12H18BrN. The normalized spacial score (nSPS) is 16.4. The lowest BCUT2D eigenvalue weighted by Crippen LogP contribution is -2.26. The second kappa shape index (κ2) is 4.43. The summed E-state index contributed by atoms with van der Waals surface area (Å²) in [5, 5.41) is 0. The van der Waals surface area contributed by atoms with E-state index in [2.05, 4.69) is 54.7 Å². The van der Waals surface area contributed by atoms with Gasteiger partial charge in [-0.3, -0.25) is 4.98 Å². The molecule has 78 valence electrons. The van der Waals surface area contributed by atoms with Gasteiger partial charge in [-0.25, -0.2) is 0 Å². The second-order valence-corrected chi connectivity index (χ2v) is 5.80. The van der Waals surface area contributed by atoms with Gasteiger partial charge in [0, 0.05) is 22.6 Å². The van der Waals surface area contributed by atoms with Gasteiger partial charge in [0.25, 0.3) is 0 Å². The summed E-state index contributed by atoms with van der Waals surface area (Å²) in [7, 11) is 0. The molecule has 1 nitrogen and oxygen atoms in total. The van der Waals surface area contributed by atoms with Crippen molar-refractivity contribution in [2.24, 2.45) is 5.41 Å². The lowest BCUT2D eigenvalue weighted by atomic mass is 9.84. The van der Waals surface area contributed by atoms with E-state index in [1.54, 1.807) is 0 Å². The minimum atomic E-state index is 0.261. The Morgan fingerprint density at radius 1 is 1.29 bits per heavy atom. The third kappa shape index (κ3) is 2.81. The van der Waals surface area contributed by atoms with Crippen LogP contribution in [0.5, 0.6) is 0 Å². The average Bonchev–Trinajstić information content (AvgIpc) is 2.15. The number of hydrogen-bond acceptors (Lipinski definition) is 1. The van der Waals surface area contributed by atoms with E-state index < -0.39 is 0 Å². The van der Waals surface area contributed by atoms with Gasteiger partial charge >= 0.3 is 0 Å². The van der Waals surface area contributed by atoms with Crippen LogP contribution in [0.15, 0.2) is 24.4 Å². The highest BCUT2D eigenvalue weighted by molar-refractivity contribution is 9.09. The number of rotatable bonds is 2. The minimum Gasteiger partial charge on any atom is -0.261 e. The van der Waals surface area contributed by atoms with Crippen LogP contribution in [0.4, 0.5) is 0 Å². The Morgan fingerprint density at radius 2 is 1.93 bits per heavy atom. The van der Waals surface area contributed by atoms with Gasteiger partial charge in [-0.15, -0.1) is 0 Å². The Balaban J connectivity index is 2.81. The molecule has 1 aromatic rings. The van der Waals surface area contributed by atoms with E-state index in [1.807, 2.05) is 18.3 Å². The molecule has 0 N–H and O–H groups in total. The van der Waals surface area contributed by atoms with Crippen molar-refractivity contribution in [1.29, 1.82) is 0 Å². The predicted molar refractivity (Wildman–Crippen MR) is 64.8 cm³/mol. The Kier molecular flexibility index (Phi) is 3.71. The highest BCUT2D eigenvalue weighted by Gasteiger charge is 2.28. The van der Waals surface area contributed by atoms with Crippen molar-refractivity contribution in [3.8, 4) is 0 Å². The highest BCUT2D eigenvalue weighted by Crippen LogP contribution is 2.36. The van der Waals surface area contributed by atoms with Gasteiger partial charge in [0.2, 0.25) is 0 Å². The van der Waals surface area contributed by atoms with E-state index in [-0.39, 0.29) is 5.41 Å². The van der Waals surface area contributed by atoms with Crippen LogP contribution in [-0.4, -0.2) is 9.81 Å². The second-order valence-electron chi connectivity index (χ2n) is 4.81. The minimum absolute atomic E-state index is 0.261. The van der Waals surface area contributed by atoms with E-state index in [0.29, 0.717) is 10.7 Å². The number of pyridine rings is 1. The molecule has 0 amide bonds.